The van der Waals surface area contributed by atoms with Crippen molar-refractivity contribution in [1.29, 1.82) is 0 Å². The van der Waals surface area contributed by atoms with Crippen molar-refractivity contribution in [1.82, 2.24) is 9.55 Å². The normalized spacial score (nSPS) is 10.2. The van der Waals surface area contributed by atoms with E-state index < -0.39 is 28.8 Å². The van der Waals surface area contributed by atoms with Crippen molar-refractivity contribution in [2.24, 2.45) is 0 Å². The van der Waals surface area contributed by atoms with Crippen LogP contribution in [0.4, 0.5) is 5.82 Å². The molecule has 0 aliphatic carbocycles. The molecule has 170 valence electrons. The first kappa shape index (κ1) is 24.0. The molecule has 1 aromatic carbocycles. The van der Waals surface area contributed by atoms with Gasteiger partial charge in [0.2, 0.25) is 5.75 Å². The van der Waals surface area contributed by atoms with Crippen LogP contribution in [0.2, 0.25) is 0 Å². The Morgan fingerprint density at radius 2 is 1.53 bits per heavy atom. The molecular weight excluding hydrogens is 430 g/mol. The molecule has 0 amide bonds. The number of imidazole rings is 1. The number of rotatable bonds is 8. The van der Waals surface area contributed by atoms with Crippen molar-refractivity contribution in [3.8, 4) is 17.2 Å². The fourth-order valence-corrected chi connectivity index (χ4v) is 2.59. The summed E-state index contributed by atoms with van der Waals surface area (Å²) in [5.74, 6) is -4.27. The third-order valence-electron chi connectivity index (χ3n) is 3.78. The number of hydrogen-bond acceptors (Lipinski definition) is 11. The van der Waals surface area contributed by atoms with Crippen LogP contribution in [0.3, 0.4) is 0 Å². The van der Waals surface area contributed by atoms with Crippen LogP contribution in [0.15, 0.2) is 18.3 Å². The fourth-order valence-electron chi connectivity index (χ4n) is 2.59. The smallest absolute Gasteiger partial charge is 0.342 e. The predicted octanol–water partition coefficient (Wildman–Crippen LogP) is 1.73. The number of carbonyl (C=O) groups excluding carboxylic acids is 4. The Bertz CT molecular complexity index is 1050. The van der Waals surface area contributed by atoms with Gasteiger partial charge in [-0.25, -0.2) is 14.3 Å². The Balaban J connectivity index is 2.30. The predicted molar refractivity (Wildman–Crippen MR) is 104 cm³/mol. The molecule has 13 nitrogen and oxygen atoms in total. The largest absolute Gasteiger partial charge is 0.458 e. The molecular formula is C19H19N3O10. The second-order valence-electron chi connectivity index (χ2n) is 6.29. The van der Waals surface area contributed by atoms with E-state index in [1.54, 1.807) is 6.92 Å². The lowest BCUT2D eigenvalue weighted by atomic mass is 10.2. The van der Waals surface area contributed by atoms with Gasteiger partial charge in [0, 0.05) is 27.7 Å². The first-order valence-electron chi connectivity index (χ1n) is 9.06. The van der Waals surface area contributed by atoms with Gasteiger partial charge in [-0.1, -0.05) is 0 Å². The van der Waals surface area contributed by atoms with Crippen LogP contribution in [0.1, 0.15) is 37.0 Å². The van der Waals surface area contributed by atoms with Crippen LogP contribution < -0.4 is 14.2 Å². The zero-order chi connectivity index (χ0) is 24.0. The summed E-state index contributed by atoms with van der Waals surface area (Å²) in [7, 11) is 0. The fraction of sp³-hybridized carbons (Fsp3) is 0.316. The van der Waals surface area contributed by atoms with Crippen molar-refractivity contribution < 1.29 is 43.0 Å². The third kappa shape index (κ3) is 6.10. The molecule has 32 heavy (non-hydrogen) atoms. The molecule has 0 aliphatic heterocycles. The van der Waals surface area contributed by atoms with E-state index in [4.69, 9.17) is 18.9 Å². The highest BCUT2D eigenvalue weighted by molar-refractivity contribution is 5.92. The molecule has 0 saturated heterocycles. The van der Waals surface area contributed by atoms with Crippen molar-refractivity contribution >= 4 is 29.7 Å². The number of esters is 4. The van der Waals surface area contributed by atoms with Gasteiger partial charge in [-0.2, -0.15) is 0 Å². The molecule has 2 aromatic rings. The Hall–Kier alpha value is -4.29. The molecule has 0 unspecified atom stereocenters. The highest BCUT2D eigenvalue weighted by Gasteiger charge is 2.24. The van der Waals surface area contributed by atoms with E-state index in [1.807, 2.05) is 0 Å². The lowest BCUT2D eigenvalue weighted by molar-refractivity contribution is -0.392. The molecule has 2 rings (SSSR count). The number of aryl methyl sites for hydroxylation is 1. The minimum absolute atomic E-state index is 0.0486. The zero-order valence-corrected chi connectivity index (χ0v) is 17.6. The summed E-state index contributed by atoms with van der Waals surface area (Å²) in [4.78, 5) is 61.1. The molecule has 0 aliphatic rings. The van der Waals surface area contributed by atoms with Gasteiger partial charge in [0.25, 0.3) is 0 Å². The number of ether oxygens (including phenoxy) is 4. The van der Waals surface area contributed by atoms with Gasteiger partial charge in [0.1, 0.15) is 19.3 Å². The number of nitrogens with zero attached hydrogens (tertiary/aromatic N) is 3. The van der Waals surface area contributed by atoms with E-state index in [2.05, 4.69) is 4.98 Å². The van der Waals surface area contributed by atoms with Gasteiger partial charge in [0.15, 0.2) is 17.3 Å². The molecule has 0 fully saturated rings. The maximum Gasteiger partial charge on any atom is 0.342 e. The molecule has 0 saturated carbocycles. The zero-order valence-electron chi connectivity index (χ0n) is 17.6. The average molecular weight is 449 g/mol. The Kier molecular flexibility index (Phi) is 7.61. The number of nitro groups is 1. The van der Waals surface area contributed by atoms with Gasteiger partial charge < -0.3 is 29.1 Å². The molecule has 0 radical (unpaired) electrons. The maximum absolute atomic E-state index is 12.5. The highest BCUT2D eigenvalue weighted by atomic mass is 16.6. The van der Waals surface area contributed by atoms with Gasteiger partial charge in [0.05, 0.1) is 5.56 Å². The van der Waals surface area contributed by atoms with Crippen molar-refractivity contribution in [3.63, 3.8) is 0 Å². The minimum Gasteiger partial charge on any atom is -0.458 e. The summed E-state index contributed by atoms with van der Waals surface area (Å²) in [6.07, 6.45) is 1.08. The molecule has 13 heteroatoms. The Morgan fingerprint density at radius 1 is 1.00 bits per heavy atom. The van der Waals surface area contributed by atoms with Crippen LogP contribution in [0, 0.1) is 17.0 Å². The standard InChI is InChI=1S/C19H19N3O10/c1-10-20-9-17(22(27)28)21(10)5-6-29-19(26)14-7-15(30-11(2)23)18(32-13(4)25)16(8-14)31-12(3)24/h7-9H,5-6H2,1-4H3. The quantitative estimate of drug-likeness (QED) is 0.249. The van der Waals surface area contributed by atoms with Crippen molar-refractivity contribution in [3.05, 3.63) is 39.8 Å². The lowest BCUT2D eigenvalue weighted by Crippen LogP contribution is -2.15. The van der Waals surface area contributed by atoms with E-state index in [1.165, 1.54) is 4.57 Å². The Labute approximate surface area is 181 Å². The van der Waals surface area contributed by atoms with E-state index >= 15 is 0 Å². The number of carbonyl (C=O) groups is 4. The second-order valence-corrected chi connectivity index (χ2v) is 6.29. The molecule has 0 spiro atoms. The molecule has 0 atom stereocenters. The summed E-state index contributed by atoms with van der Waals surface area (Å²) < 4.78 is 21.3. The van der Waals surface area contributed by atoms with Gasteiger partial charge >= 0.3 is 29.7 Å². The SMILES string of the molecule is CC(=O)Oc1cc(C(=O)OCCn2c([N+](=O)[O-])cnc2C)cc(OC(C)=O)c1OC(C)=O. The van der Waals surface area contributed by atoms with Crippen LogP contribution >= 0.6 is 0 Å². The van der Waals surface area contributed by atoms with Gasteiger partial charge in [-0.15, -0.1) is 0 Å². The van der Waals surface area contributed by atoms with E-state index in [0.29, 0.717) is 5.82 Å². The van der Waals surface area contributed by atoms with E-state index in [0.717, 1.165) is 39.1 Å². The minimum atomic E-state index is -0.915. The van der Waals surface area contributed by atoms with Gasteiger partial charge in [-0.05, 0) is 17.1 Å². The summed E-state index contributed by atoms with van der Waals surface area (Å²) >= 11 is 0. The number of aromatic nitrogens is 2. The van der Waals surface area contributed by atoms with E-state index in [-0.39, 0.29) is 41.8 Å². The van der Waals surface area contributed by atoms with Crippen LogP contribution in [-0.2, 0) is 25.7 Å². The summed E-state index contributed by atoms with van der Waals surface area (Å²) in [5, 5.41) is 11.0. The van der Waals surface area contributed by atoms with Crippen LogP contribution in [0.5, 0.6) is 17.2 Å². The maximum atomic E-state index is 12.5. The average Bonchev–Trinajstić information content (AvgIpc) is 3.03. The number of benzene rings is 1. The molecule has 1 heterocycles. The van der Waals surface area contributed by atoms with Crippen LogP contribution in [0.25, 0.3) is 0 Å². The van der Waals surface area contributed by atoms with E-state index in [9.17, 15) is 29.3 Å². The lowest BCUT2D eigenvalue weighted by Gasteiger charge is -2.14. The first-order valence-corrected chi connectivity index (χ1v) is 9.06. The Morgan fingerprint density at radius 3 is 2.00 bits per heavy atom. The molecule has 1 aromatic heterocycles. The summed E-state index contributed by atoms with van der Waals surface area (Å²) in [5.41, 5.74) is -0.190. The van der Waals surface area contributed by atoms with Crippen molar-refractivity contribution in [2.75, 3.05) is 6.61 Å². The number of hydrogen-bond donors (Lipinski definition) is 0. The third-order valence-corrected chi connectivity index (χ3v) is 3.78. The monoisotopic (exact) mass is 449 g/mol. The first-order chi connectivity index (χ1) is 15.0. The molecule has 0 N–H and O–H groups in total. The highest BCUT2D eigenvalue weighted by Crippen LogP contribution is 2.39. The summed E-state index contributed by atoms with van der Waals surface area (Å²) in [6.45, 7) is 4.48. The second kappa shape index (κ2) is 10.1. The summed E-state index contributed by atoms with van der Waals surface area (Å²) in [6, 6.07) is 2.14. The van der Waals surface area contributed by atoms with Crippen molar-refractivity contribution in [2.45, 2.75) is 34.2 Å². The molecule has 0 bridgehead atoms. The van der Waals surface area contributed by atoms with Gasteiger partial charge in [-0.3, -0.25) is 14.4 Å². The van der Waals surface area contributed by atoms with Crippen LogP contribution in [-0.4, -0.2) is 45.0 Å². The topological polar surface area (TPSA) is 166 Å².